The standard InChI is InChI=1S/C26H32N6O4/c1-16(2)9-11-32-23-22(21(24(28)34)25(32)30-10-5-7-18(27)13-30)29-15-31(26(23)35)14-20(33)17-6-4-8-19(12-17)36-3/h4,6,8-9,12,15,18H,5,7,10-11,13-14,27H2,1-3H3,(H2,28,34)/t18-/m1/s1. The second-order valence-electron chi connectivity index (χ2n) is 9.33. The van der Waals surface area contributed by atoms with Crippen LogP contribution < -0.4 is 26.7 Å². The highest BCUT2D eigenvalue weighted by Gasteiger charge is 2.30. The second kappa shape index (κ2) is 10.4. The van der Waals surface area contributed by atoms with Crippen molar-refractivity contribution >= 4 is 28.5 Å². The van der Waals surface area contributed by atoms with Crippen LogP contribution >= 0.6 is 0 Å². The minimum absolute atomic E-state index is 0.0560. The third kappa shape index (κ3) is 4.90. The van der Waals surface area contributed by atoms with Crippen LogP contribution in [0, 0.1) is 0 Å². The molecule has 10 heteroatoms. The number of ether oxygens (including phenoxy) is 1. The van der Waals surface area contributed by atoms with E-state index >= 15 is 0 Å². The van der Waals surface area contributed by atoms with Crippen LogP contribution in [0.15, 0.2) is 47.0 Å². The predicted molar refractivity (Wildman–Crippen MR) is 139 cm³/mol. The zero-order chi connectivity index (χ0) is 26.0. The van der Waals surface area contributed by atoms with Crippen LogP contribution in [-0.2, 0) is 13.1 Å². The molecule has 4 N–H and O–H groups in total. The smallest absolute Gasteiger partial charge is 0.278 e. The van der Waals surface area contributed by atoms with E-state index in [1.165, 1.54) is 18.0 Å². The third-order valence-electron chi connectivity index (χ3n) is 6.39. The Morgan fingerprint density at radius 1 is 1.28 bits per heavy atom. The summed E-state index contributed by atoms with van der Waals surface area (Å²) in [5, 5.41) is 0. The first kappa shape index (κ1) is 25.2. The number of fused-ring (bicyclic) bond motifs is 1. The predicted octanol–water partition coefficient (Wildman–Crippen LogP) is 2.08. The quantitative estimate of drug-likeness (QED) is 0.363. The average molecular weight is 493 g/mol. The van der Waals surface area contributed by atoms with Crippen LogP contribution in [0.3, 0.4) is 0 Å². The van der Waals surface area contributed by atoms with Crippen LogP contribution in [0.25, 0.3) is 11.0 Å². The maximum absolute atomic E-state index is 13.7. The number of nitrogens with two attached hydrogens (primary N) is 2. The zero-order valence-corrected chi connectivity index (χ0v) is 20.9. The van der Waals surface area contributed by atoms with Crippen molar-refractivity contribution in [3.8, 4) is 5.75 Å². The summed E-state index contributed by atoms with van der Waals surface area (Å²) in [5.74, 6) is 0.165. The van der Waals surface area contributed by atoms with Crippen molar-refractivity contribution in [1.29, 1.82) is 0 Å². The minimum atomic E-state index is -0.665. The zero-order valence-electron chi connectivity index (χ0n) is 20.9. The summed E-state index contributed by atoms with van der Waals surface area (Å²) >= 11 is 0. The highest BCUT2D eigenvalue weighted by molar-refractivity contribution is 6.10. The van der Waals surface area contributed by atoms with E-state index in [0.29, 0.717) is 36.8 Å². The topological polar surface area (TPSA) is 138 Å². The van der Waals surface area contributed by atoms with Crippen molar-refractivity contribution in [3.05, 3.63) is 63.7 Å². The number of hydrogen-bond acceptors (Lipinski definition) is 7. The van der Waals surface area contributed by atoms with Gasteiger partial charge in [-0.25, -0.2) is 4.98 Å². The molecule has 3 aromatic rings. The van der Waals surface area contributed by atoms with Crippen molar-refractivity contribution in [3.63, 3.8) is 0 Å². The number of hydrogen-bond donors (Lipinski definition) is 2. The van der Waals surface area contributed by atoms with E-state index in [0.717, 1.165) is 18.4 Å². The van der Waals surface area contributed by atoms with Gasteiger partial charge in [-0.3, -0.25) is 19.0 Å². The first-order valence-corrected chi connectivity index (χ1v) is 11.9. The van der Waals surface area contributed by atoms with Gasteiger partial charge in [-0.15, -0.1) is 0 Å². The Morgan fingerprint density at radius 3 is 2.72 bits per heavy atom. The molecule has 0 spiro atoms. The van der Waals surface area contributed by atoms with Crippen LogP contribution in [0.5, 0.6) is 5.75 Å². The fourth-order valence-electron chi connectivity index (χ4n) is 4.62. The van der Waals surface area contributed by atoms with Crippen LogP contribution in [0.2, 0.25) is 0 Å². The second-order valence-corrected chi connectivity index (χ2v) is 9.33. The monoisotopic (exact) mass is 492 g/mol. The number of aromatic nitrogens is 3. The molecule has 1 aromatic carbocycles. The van der Waals surface area contributed by atoms with Crippen molar-refractivity contribution < 1.29 is 14.3 Å². The van der Waals surface area contributed by atoms with Crippen molar-refractivity contribution in [1.82, 2.24) is 14.1 Å². The van der Waals surface area contributed by atoms with E-state index in [1.807, 2.05) is 24.8 Å². The Hall–Kier alpha value is -3.92. The van der Waals surface area contributed by atoms with Gasteiger partial charge in [0.15, 0.2) is 5.78 Å². The van der Waals surface area contributed by atoms with Gasteiger partial charge < -0.3 is 25.7 Å². The molecule has 36 heavy (non-hydrogen) atoms. The van der Waals surface area contributed by atoms with Crippen LogP contribution in [0.1, 0.15) is 47.4 Å². The number of allylic oxidation sites excluding steroid dienone is 2. The number of carbonyl (C=O) groups excluding carboxylic acids is 2. The Morgan fingerprint density at radius 2 is 2.06 bits per heavy atom. The van der Waals surface area contributed by atoms with Crippen molar-refractivity contribution in [2.75, 3.05) is 25.1 Å². The highest BCUT2D eigenvalue weighted by Crippen LogP contribution is 2.32. The van der Waals surface area contributed by atoms with E-state index in [2.05, 4.69) is 4.98 Å². The fraction of sp³-hybridized carbons (Fsp3) is 0.385. The fourth-order valence-corrected chi connectivity index (χ4v) is 4.62. The van der Waals surface area contributed by atoms with Gasteiger partial charge in [0.05, 0.1) is 20.0 Å². The van der Waals surface area contributed by atoms with E-state index in [1.54, 1.807) is 28.8 Å². The van der Waals surface area contributed by atoms with E-state index in [-0.39, 0.29) is 35.0 Å². The van der Waals surface area contributed by atoms with Crippen molar-refractivity contribution in [2.24, 2.45) is 11.5 Å². The van der Waals surface area contributed by atoms with Crippen LogP contribution in [0.4, 0.5) is 5.82 Å². The maximum Gasteiger partial charge on any atom is 0.278 e. The van der Waals surface area contributed by atoms with E-state index < -0.39 is 11.5 Å². The molecule has 0 unspecified atom stereocenters. The summed E-state index contributed by atoms with van der Waals surface area (Å²) in [6.45, 7) is 5.27. The van der Waals surface area contributed by atoms with Gasteiger partial charge in [-0.1, -0.05) is 23.8 Å². The number of rotatable bonds is 8. The molecular weight excluding hydrogens is 460 g/mol. The molecule has 3 heterocycles. The first-order chi connectivity index (χ1) is 17.2. The number of Topliss-reactive ketones (excluding diaryl/α,β-unsaturated/α-hetero) is 1. The molecule has 1 aliphatic rings. The lowest BCUT2D eigenvalue weighted by molar-refractivity contribution is 0.0968. The molecular formula is C26H32N6O4. The minimum Gasteiger partial charge on any atom is -0.497 e. The number of benzene rings is 1. The molecule has 0 radical (unpaired) electrons. The Labute approximate surface area is 209 Å². The van der Waals surface area contributed by atoms with Gasteiger partial charge in [0, 0.05) is 31.2 Å². The van der Waals surface area contributed by atoms with E-state index in [9.17, 15) is 14.4 Å². The number of anilines is 1. The third-order valence-corrected chi connectivity index (χ3v) is 6.39. The molecule has 10 nitrogen and oxygen atoms in total. The number of nitrogens with zero attached hydrogens (tertiary/aromatic N) is 4. The van der Waals surface area contributed by atoms with Gasteiger partial charge in [0.1, 0.15) is 28.2 Å². The van der Waals surface area contributed by atoms with Crippen LogP contribution in [-0.4, -0.2) is 52.0 Å². The summed E-state index contributed by atoms with van der Waals surface area (Å²) in [5.41, 5.74) is 13.8. The SMILES string of the molecule is COc1cccc(C(=O)Cn2cnc3c(C(N)=O)c(N4CCC[C@@H](N)C4)n(CC=C(C)C)c3c2=O)c1. The molecule has 1 amide bonds. The lowest BCUT2D eigenvalue weighted by atomic mass is 10.1. The normalized spacial score (nSPS) is 15.7. The number of carbonyl (C=O) groups is 2. The van der Waals surface area contributed by atoms with Gasteiger partial charge in [-0.05, 0) is 38.8 Å². The maximum atomic E-state index is 13.7. The highest BCUT2D eigenvalue weighted by atomic mass is 16.5. The number of piperidine rings is 1. The molecule has 0 bridgehead atoms. The van der Waals surface area contributed by atoms with Crippen molar-refractivity contribution in [2.45, 2.75) is 45.8 Å². The number of ketones is 1. The summed E-state index contributed by atoms with van der Waals surface area (Å²) in [6.07, 6.45) is 5.01. The van der Waals surface area contributed by atoms with E-state index in [4.69, 9.17) is 16.2 Å². The largest absolute Gasteiger partial charge is 0.497 e. The Kier molecular flexibility index (Phi) is 7.25. The summed E-state index contributed by atoms with van der Waals surface area (Å²) in [6, 6.07) is 6.70. The Balaban J connectivity index is 1.87. The van der Waals surface area contributed by atoms with Gasteiger partial charge >= 0.3 is 0 Å². The lowest BCUT2D eigenvalue weighted by Gasteiger charge is -2.33. The molecule has 1 fully saturated rings. The molecule has 0 saturated carbocycles. The average Bonchev–Trinajstić information content (AvgIpc) is 3.19. The first-order valence-electron chi connectivity index (χ1n) is 11.9. The molecule has 1 saturated heterocycles. The number of amides is 1. The molecule has 2 aromatic heterocycles. The number of methoxy groups -OCH3 is 1. The van der Waals surface area contributed by atoms with Gasteiger partial charge in [-0.2, -0.15) is 0 Å². The summed E-state index contributed by atoms with van der Waals surface area (Å²) < 4.78 is 8.25. The van der Waals surface area contributed by atoms with Gasteiger partial charge in [0.2, 0.25) is 0 Å². The van der Waals surface area contributed by atoms with Gasteiger partial charge in [0.25, 0.3) is 11.5 Å². The Bertz CT molecular complexity index is 1400. The summed E-state index contributed by atoms with van der Waals surface area (Å²) in [4.78, 5) is 45.8. The molecule has 0 aliphatic carbocycles. The summed E-state index contributed by atoms with van der Waals surface area (Å²) in [7, 11) is 1.52. The molecule has 4 rings (SSSR count). The lowest BCUT2D eigenvalue weighted by Crippen LogP contribution is -2.44. The molecule has 190 valence electrons. The number of primary amides is 1. The molecule has 1 aliphatic heterocycles. The molecule has 1 atom stereocenters.